The Bertz CT molecular complexity index is 996. The Kier molecular flexibility index (Phi) is 4.17. The molecule has 6 rings (SSSR count). The lowest BCUT2D eigenvalue weighted by molar-refractivity contribution is -0.171. The number of rotatable bonds is 5. The minimum absolute atomic E-state index is 0.0752. The zero-order valence-corrected chi connectivity index (χ0v) is 17.0. The molecule has 10 nitrogen and oxygen atoms in total. The first kappa shape index (κ1) is 19.9. The van der Waals surface area contributed by atoms with E-state index in [1.165, 1.54) is 0 Å². The summed E-state index contributed by atoms with van der Waals surface area (Å²) < 4.78 is 11.8. The average Bonchev–Trinajstić information content (AvgIpc) is 3.07. The van der Waals surface area contributed by atoms with Crippen LogP contribution < -0.4 is 5.32 Å². The van der Waals surface area contributed by atoms with Crippen molar-refractivity contribution in [3.63, 3.8) is 0 Å². The Balaban J connectivity index is 1.30. The van der Waals surface area contributed by atoms with Gasteiger partial charge in [-0.15, -0.1) is 0 Å². The molecule has 10 heteroatoms. The van der Waals surface area contributed by atoms with E-state index < -0.39 is 35.0 Å². The summed E-state index contributed by atoms with van der Waals surface area (Å²) in [6.07, 6.45) is 1.97. The van der Waals surface area contributed by atoms with Gasteiger partial charge >= 0.3 is 12.1 Å². The molecule has 3 aliphatic heterocycles. The summed E-state index contributed by atoms with van der Waals surface area (Å²) in [6.45, 7) is 2.58. The minimum atomic E-state index is -1.39. The van der Waals surface area contributed by atoms with Crippen molar-refractivity contribution in [3.05, 3.63) is 17.7 Å². The molecule has 4 bridgehead atoms. The smallest absolute Gasteiger partial charge is 0.410 e. The molecule has 0 unspecified atom stereocenters. The molecule has 5 atom stereocenters. The molecule has 1 spiro atoms. The van der Waals surface area contributed by atoms with E-state index in [9.17, 15) is 24.6 Å². The summed E-state index contributed by atoms with van der Waals surface area (Å²) in [5.41, 5.74) is -1.15. The molecule has 4 N–H and O–H groups in total. The van der Waals surface area contributed by atoms with E-state index in [0.717, 1.165) is 31.4 Å². The van der Waals surface area contributed by atoms with Crippen molar-refractivity contribution in [2.75, 3.05) is 18.5 Å². The summed E-state index contributed by atoms with van der Waals surface area (Å²) in [4.78, 5) is 37.8. The third kappa shape index (κ3) is 2.84. The topological polar surface area (TPSA) is 146 Å². The van der Waals surface area contributed by atoms with Crippen LogP contribution in [0.4, 0.5) is 10.5 Å². The molecule has 2 saturated carbocycles. The van der Waals surface area contributed by atoms with Crippen LogP contribution in [0.15, 0.2) is 12.1 Å². The molecule has 1 aromatic carbocycles. The van der Waals surface area contributed by atoms with Gasteiger partial charge in [0.25, 0.3) is 0 Å². The van der Waals surface area contributed by atoms with Gasteiger partial charge in [-0.2, -0.15) is 0 Å². The molecular formula is C21H24N2O8. The Hall–Kier alpha value is -3.01. The van der Waals surface area contributed by atoms with Crippen LogP contribution in [0.2, 0.25) is 0 Å². The number of carboxylic acids is 1. The largest absolute Gasteiger partial charge is 0.506 e. The number of aromatic hydroxyl groups is 2. The van der Waals surface area contributed by atoms with E-state index in [-0.39, 0.29) is 41.8 Å². The van der Waals surface area contributed by atoms with Gasteiger partial charge in [0.15, 0.2) is 5.75 Å². The fourth-order valence-corrected chi connectivity index (χ4v) is 6.24. The van der Waals surface area contributed by atoms with Crippen molar-refractivity contribution in [3.8, 4) is 11.5 Å². The van der Waals surface area contributed by atoms with Crippen molar-refractivity contribution in [2.24, 2.45) is 11.3 Å². The fraction of sp³-hybridized carbons (Fsp3) is 0.571. The molecule has 31 heavy (non-hydrogen) atoms. The molecule has 2 amide bonds. The third-order valence-electron chi connectivity index (χ3n) is 7.42. The number of carbonyl (C=O) groups excluding carboxylic acids is 2. The molecule has 0 radical (unpaired) electrons. The van der Waals surface area contributed by atoms with Gasteiger partial charge in [0.1, 0.15) is 23.6 Å². The lowest BCUT2D eigenvalue weighted by atomic mass is 9.69. The molecule has 5 aliphatic rings. The van der Waals surface area contributed by atoms with Crippen LogP contribution in [0.1, 0.15) is 43.0 Å². The quantitative estimate of drug-likeness (QED) is 0.516. The van der Waals surface area contributed by atoms with E-state index >= 15 is 0 Å². The van der Waals surface area contributed by atoms with Gasteiger partial charge in [-0.25, -0.2) is 9.59 Å². The van der Waals surface area contributed by atoms with E-state index in [4.69, 9.17) is 14.6 Å². The highest BCUT2D eigenvalue weighted by atomic mass is 16.6. The number of phenolic OH excluding ortho intramolecular Hbond substituents is 1. The summed E-state index contributed by atoms with van der Waals surface area (Å²) in [5, 5.41) is 31.5. The maximum atomic E-state index is 12.5. The molecule has 2 aliphatic carbocycles. The number of benzene rings is 1. The van der Waals surface area contributed by atoms with E-state index in [1.54, 1.807) is 4.90 Å². The number of amides is 2. The van der Waals surface area contributed by atoms with Crippen LogP contribution in [0.25, 0.3) is 0 Å². The molecule has 166 valence electrons. The second kappa shape index (κ2) is 6.49. The molecule has 3 saturated heterocycles. The standard InChI is InChI=1S/C21H24N2O8/c1-20-8-21-7-10(20)6-13(31-20)17(21)23(19(29)30-9-21)5-4-14(25)22-15-12(24)3-2-11(16(15)26)18(27)28/h2-3,10,13,17,24,26H,4-9H2,1H3,(H,22,25)(H,27,28)/t10-,13+,17-,20+,21+/m1/s1. The second-order valence-electron chi connectivity index (χ2n) is 9.30. The minimum Gasteiger partial charge on any atom is -0.506 e. The number of hydrogen-bond acceptors (Lipinski definition) is 7. The van der Waals surface area contributed by atoms with Crippen LogP contribution in [-0.4, -0.2) is 69.1 Å². The number of cyclic esters (lactones) is 1. The van der Waals surface area contributed by atoms with Gasteiger partial charge in [0, 0.05) is 18.4 Å². The monoisotopic (exact) mass is 432 g/mol. The Morgan fingerprint density at radius 2 is 2.10 bits per heavy atom. The summed E-state index contributed by atoms with van der Waals surface area (Å²) in [6, 6.07) is 1.97. The maximum Gasteiger partial charge on any atom is 0.410 e. The van der Waals surface area contributed by atoms with Gasteiger partial charge < -0.3 is 35.0 Å². The van der Waals surface area contributed by atoms with Crippen LogP contribution in [0.5, 0.6) is 11.5 Å². The lowest BCUT2D eigenvalue weighted by Gasteiger charge is -2.53. The first-order chi connectivity index (χ1) is 14.6. The van der Waals surface area contributed by atoms with Gasteiger partial charge in [-0.05, 0) is 44.2 Å². The van der Waals surface area contributed by atoms with Crippen molar-refractivity contribution >= 4 is 23.7 Å². The predicted molar refractivity (Wildman–Crippen MR) is 105 cm³/mol. The maximum absolute atomic E-state index is 12.5. The van der Waals surface area contributed by atoms with Crippen LogP contribution in [0, 0.1) is 11.3 Å². The van der Waals surface area contributed by atoms with Gasteiger partial charge in [-0.3, -0.25) is 4.79 Å². The number of nitrogens with zero attached hydrogens (tertiary/aromatic N) is 1. The van der Waals surface area contributed by atoms with Crippen LogP contribution in [0.3, 0.4) is 0 Å². The van der Waals surface area contributed by atoms with Gasteiger partial charge in [-0.1, -0.05) is 0 Å². The molecule has 1 aromatic rings. The fourth-order valence-electron chi connectivity index (χ4n) is 6.24. The van der Waals surface area contributed by atoms with Crippen molar-refractivity contribution in [2.45, 2.75) is 50.4 Å². The van der Waals surface area contributed by atoms with Crippen molar-refractivity contribution in [1.29, 1.82) is 0 Å². The van der Waals surface area contributed by atoms with Crippen LogP contribution >= 0.6 is 0 Å². The highest BCUT2D eigenvalue weighted by Crippen LogP contribution is 2.65. The molecule has 5 fully saturated rings. The lowest BCUT2D eigenvalue weighted by Crippen LogP contribution is -2.65. The summed E-state index contributed by atoms with van der Waals surface area (Å²) in [7, 11) is 0. The Labute approximate surface area is 177 Å². The average molecular weight is 432 g/mol. The highest BCUT2D eigenvalue weighted by molar-refractivity contribution is 5.99. The van der Waals surface area contributed by atoms with Crippen molar-refractivity contribution < 1.29 is 39.2 Å². The number of nitrogens with one attached hydrogen (secondary N) is 1. The van der Waals surface area contributed by atoms with Crippen molar-refractivity contribution in [1.82, 2.24) is 4.90 Å². The SMILES string of the molecule is C[C@]12C[C@@]34COC(=O)N(CCC(=O)Nc5c(O)ccc(C(=O)O)c5O)[C@@H]3[C@H](C[C@@H]1C4)O2. The molecular weight excluding hydrogens is 408 g/mol. The summed E-state index contributed by atoms with van der Waals surface area (Å²) in [5.74, 6) is -2.71. The molecule has 3 heterocycles. The van der Waals surface area contributed by atoms with Crippen LogP contribution in [-0.2, 0) is 14.3 Å². The number of carboxylic acid groups (broad SMARTS) is 1. The highest BCUT2D eigenvalue weighted by Gasteiger charge is 2.71. The van der Waals surface area contributed by atoms with Gasteiger partial charge in [0.05, 0.1) is 17.7 Å². The number of anilines is 1. The third-order valence-corrected chi connectivity index (χ3v) is 7.42. The molecule has 0 aromatic heterocycles. The normalized spacial score (nSPS) is 35.1. The van der Waals surface area contributed by atoms with E-state index in [1.807, 2.05) is 0 Å². The van der Waals surface area contributed by atoms with Gasteiger partial charge in [0.2, 0.25) is 5.91 Å². The number of ether oxygens (including phenoxy) is 2. The predicted octanol–water partition coefficient (Wildman–Crippen LogP) is 1.90. The zero-order valence-electron chi connectivity index (χ0n) is 17.0. The zero-order chi connectivity index (χ0) is 22.1. The number of aromatic carboxylic acids is 1. The first-order valence-corrected chi connectivity index (χ1v) is 10.3. The first-order valence-electron chi connectivity index (χ1n) is 10.3. The second-order valence-corrected chi connectivity index (χ2v) is 9.30. The Morgan fingerprint density at radius 1 is 1.32 bits per heavy atom. The Morgan fingerprint density at radius 3 is 2.81 bits per heavy atom. The summed E-state index contributed by atoms with van der Waals surface area (Å²) >= 11 is 0. The van der Waals surface area contributed by atoms with E-state index in [0.29, 0.717) is 12.5 Å². The number of carbonyl (C=O) groups is 3. The number of phenols is 2. The number of hydrogen-bond donors (Lipinski definition) is 4. The van der Waals surface area contributed by atoms with E-state index in [2.05, 4.69) is 12.2 Å².